The molecule has 2 aliphatic rings. The maximum Gasteiger partial charge on any atom is -0.0241 e. The normalized spacial score (nSPS) is 47.1. The third kappa shape index (κ3) is 1.51. The van der Waals surface area contributed by atoms with Gasteiger partial charge in [0.25, 0.3) is 0 Å². The van der Waals surface area contributed by atoms with Crippen LogP contribution in [-0.2, 0) is 0 Å². The second kappa shape index (κ2) is 3.25. The van der Waals surface area contributed by atoms with Gasteiger partial charge in [-0.15, -0.1) is 0 Å². The molecule has 2 fully saturated rings. The van der Waals surface area contributed by atoms with Crippen LogP contribution in [0.2, 0.25) is 0 Å². The van der Waals surface area contributed by atoms with E-state index >= 15 is 0 Å². The van der Waals surface area contributed by atoms with Gasteiger partial charge in [-0.05, 0) is 54.8 Å². The Morgan fingerprint density at radius 2 is 1.50 bits per heavy atom. The van der Waals surface area contributed by atoms with Gasteiger partial charge in [0.15, 0.2) is 0 Å². The molecule has 2 atom stereocenters. The summed E-state index contributed by atoms with van der Waals surface area (Å²) in [4.78, 5) is 0. The molecule has 0 nitrogen and oxygen atoms in total. The molecule has 0 aliphatic heterocycles. The van der Waals surface area contributed by atoms with Gasteiger partial charge in [-0.3, -0.25) is 0 Å². The minimum absolute atomic E-state index is 0.621. The van der Waals surface area contributed by atoms with E-state index in [9.17, 15) is 0 Å². The molecule has 2 aliphatic carbocycles. The summed E-state index contributed by atoms with van der Waals surface area (Å²) in [7, 11) is 0. The Hall–Kier alpha value is 0. The molecular weight excluding hydrogens is 168 g/mol. The van der Waals surface area contributed by atoms with Gasteiger partial charge in [-0.1, -0.05) is 34.1 Å². The van der Waals surface area contributed by atoms with Gasteiger partial charge in [-0.2, -0.15) is 0 Å². The van der Waals surface area contributed by atoms with Crippen LogP contribution in [-0.4, -0.2) is 0 Å². The average Bonchev–Trinajstić information content (AvgIpc) is 2.24. The molecule has 0 bridgehead atoms. The van der Waals surface area contributed by atoms with E-state index in [1.807, 2.05) is 0 Å². The maximum atomic E-state index is 2.52. The van der Waals surface area contributed by atoms with Gasteiger partial charge in [0.1, 0.15) is 0 Å². The van der Waals surface area contributed by atoms with Crippen molar-refractivity contribution in [3.8, 4) is 0 Å². The zero-order valence-corrected chi connectivity index (χ0v) is 10.4. The van der Waals surface area contributed by atoms with E-state index in [-0.39, 0.29) is 0 Å². The van der Waals surface area contributed by atoms with Gasteiger partial charge in [0.05, 0.1) is 0 Å². The van der Waals surface area contributed by atoms with E-state index in [1.54, 1.807) is 0 Å². The van der Waals surface area contributed by atoms with Crippen LogP contribution in [0.1, 0.15) is 66.2 Å². The highest BCUT2D eigenvalue weighted by Crippen LogP contribution is 2.61. The first-order chi connectivity index (χ1) is 6.45. The van der Waals surface area contributed by atoms with Crippen molar-refractivity contribution in [2.75, 3.05) is 0 Å². The van der Waals surface area contributed by atoms with Gasteiger partial charge >= 0.3 is 0 Å². The second-order valence-electron chi connectivity index (χ2n) is 6.87. The summed E-state index contributed by atoms with van der Waals surface area (Å²) in [6.07, 6.45) is 8.93. The molecule has 14 heavy (non-hydrogen) atoms. The van der Waals surface area contributed by atoms with Crippen LogP contribution in [0.3, 0.4) is 0 Å². The molecule has 0 heterocycles. The lowest BCUT2D eigenvalue weighted by molar-refractivity contribution is 0.0124. The molecule has 0 heteroatoms. The number of rotatable bonds is 0. The van der Waals surface area contributed by atoms with Gasteiger partial charge in [0.2, 0.25) is 0 Å². The van der Waals surface area contributed by atoms with Crippen molar-refractivity contribution in [2.24, 2.45) is 22.7 Å². The molecule has 2 saturated carbocycles. The summed E-state index contributed by atoms with van der Waals surface area (Å²) in [5, 5.41) is 0. The summed E-state index contributed by atoms with van der Waals surface area (Å²) >= 11 is 0. The van der Waals surface area contributed by atoms with E-state index in [4.69, 9.17) is 0 Å². The van der Waals surface area contributed by atoms with Crippen molar-refractivity contribution in [1.29, 1.82) is 0 Å². The molecule has 0 amide bonds. The minimum Gasteiger partial charge on any atom is -0.0625 e. The second-order valence-corrected chi connectivity index (χ2v) is 6.87. The predicted octanol–water partition coefficient (Wildman–Crippen LogP) is 4.64. The highest BCUT2D eigenvalue weighted by atomic mass is 14.6. The molecule has 0 radical (unpaired) electrons. The largest absolute Gasteiger partial charge is 0.0625 e. The zero-order valence-electron chi connectivity index (χ0n) is 10.4. The molecule has 2 rings (SSSR count). The van der Waals surface area contributed by atoms with E-state index in [0.29, 0.717) is 10.8 Å². The molecule has 0 aromatic rings. The first-order valence-corrected chi connectivity index (χ1v) is 6.45. The average molecular weight is 194 g/mol. The highest BCUT2D eigenvalue weighted by Gasteiger charge is 2.51. The van der Waals surface area contributed by atoms with E-state index in [2.05, 4.69) is 27.7 Å². The fraction of sp³-hybridized carbons (Fsp3) is 1.00. The lowest BCUT2D eigenvalue weighted by atomic mass is 9.56. The molecule has 82 valence electrons. The summed E-state index contributed by atoms with van der Waals surface area (Å²) in [5.41, 5.74) is 1.33. The van der Waals surface area contributed by atoms with Gasteiger partial charge in [-0.25, -0.2) is 0 Å². The van der Waals surface area contributed by atoms with E-state index in [1.165, 1.54) is 38.5 Å². The minimum atomic E-state index is 0.621. The van der Waals surface area contributed by atoms with Crippen LogP contribution in [0.25, 0.3) is 0 Å². The van der Waals surface area contributed by atoms with Gasteiger partial charge < -0.3 is 0 Å². The standard InChI is InChI=1S/C14H26/c1-11-8-12(2)10-14(9-11)7-5-6-13(14,3)4/h11-12H,5-10H2,1-4H3. The molecule has 0 saturated heterocycles. The topological polar surface area (TPSA) is 0 Å². The fourth-order valence-corrected chi connectivity index (χ4v) is 4.50. The quantitative estimate of drug-likeness (QED) is 0.527. The molecule has 1 spiro atoms. The van der Waals surface area contributed by atoms with Crippen LogP contribution in [0, 0.1) is 22.7 Å². The summed E-state index contributed by atoms with van der Waals surface area (Å²) in [5.74, 6) is 1.94. The van der Waals surface area contributed by atoms with E-state index in [0.717, 1.165) is 11.8 Å². The Morgan fingerprint density at radius 1 is 0.929 bits per heavy atom. The molecular formula is C14H26. The lowest BCUT2D eigenvalue weighted by Gasteiger charge is -2.49. The predicted molar refractivity (Wildman–Crippen MR) is 62.2 cm³/mol. The Kier molecular flexibility index (Phi) is 2.44. The molecule has 2 unspecified atom stereocenters. The van der Waals surface area contributed by atoms with Crippen molar-refractivity contribution in [3.63, 3.8) is 0 Å². The van der Waals surface area contributed by atoms with Crippen LogP contribution < -0.4 is 0 Å². The van der Waals surface area contributed by atoms with Crippen molar-refractivity contribution in [2.45, 2.75) is 66.2 Å². The summed E-state index contributed by atoms with van der Waals surface area (Å²) in [6, 6.07) is 0. The Labute approximate surface area is 89.5 Å². The smallest absolute Gasteiger partial charge is 0.0241 e. The third-order valence-corrected chi connectivity index (χ3v) is 5.18. The molecule has 0 aromatic carbocycles. The van der Waals surface area contributed by atoms with Crippen LogP contribution >= 0.6 is 0 Å². The van der Waals surface area contributed by atoms with Crippen LogP contribution in [0.5, 0.6) is 0 Å². The van der Waals surface area contributed by atoms with Crippen LogP contribution in [0.4, 0.5) is 0 Å². The van der Waals surface area contributed by atoms with Crippen molar-refractivity contribution < 1.29 is 0 Å². The van der Waals surface area contributed by atoms with Crippen molar-refractivity contribution in [1.82, 2.24) is 0 Å². The summed E-state index contributed by atoms with van der Waals surface area (Å²) < 4.78 is 0. The molecule has 0 aromatic heterocycles. The SMILES string of the molecule is CC1CC(C)CC2(CCCC2(C)C)C1. The first kappa shape index (κ1) is 10.5. The Balaban J connectivity index is 2.21. The fourth-order valence-electron chi connectivity index (χ4n) is 4.50. The van der Waals surface area contributed by atoms with Crippen molar-refractivity contribution >= 4 is 0 Å². The summed E-state index contributed by atoms with van der Waals surface area (Å²) in [6.45, 7) is 9.97. The highest BCUT2D eigenvalue weighted by molar-refractivity contribution is 5.01. The maximum absolute atomic E-state index is 2.52. The van der Waals surface area contributed by atoms with E-state index < -0.39 is 0 Å². The zero-order chi connectivity index (χ0) is 10.4. The third-order valence-electron chi connectivity index (χ3n) is 5.18. The lowest BCUT2D eigenvalue weighted by Crippen LogP contribution is -2.39. The van der Waals surface area contributed by atoms with Crippen molar-refractivity contribution in [3.05, 3.63) is 0 Å². The number of hydrogen-bond acceptors (Lipinski definition) is 0. The molecule has 0 N–H and O–H groups in total. The van der Waals surface area contributed by atoms with Crippen LogP contribution in [0.15, 0.2) is 0 Å². The monoisotopic (exact) mass is 194 g/mol. The van der Waals surface area contributed by atoms with Gasteiger partial charge in [0, 0.05) is 0 Å². The Bertz CT molecular complexity index is 204. The first-order valence-electron chi connectivity index (χ1n) is 6.45. The number of hydrogen-bond donors (Lipinski definition) is 0. The Morgan fingerprint density at radius 3 is 1.93 bits per heavy atom.